The lowest BCUT2D eigenvalue weighted by Gasteiger charge is -2.24. The van der Waals surface area contributed by atoms with Crippen molar-refractivity contribution in [3.8, 4) is 23.1 Å². The Morgan fingerprint density at radius 1 is 0.903 bits per heavy atom. The van der Waals surface area contributed by atoms with Crippen molar-refractivity contribution in [1.29, 1.82) is 5.26 Å². The lowest BCUT2D eigenvalue weighted by atomic mass is 9.84. The molecule has 0 aliphatic carbocycles. The van der Waals surface area contributed by atoms with Gasteiger partial charge in [0, 0.05) is 5.41 Å². The molecule has 4 aromatic heterocycles. The molecule has 0 aliphatic rings. The standard InChI is InChI=1S/C22H15F3N6/c1-22(2,16-6-3-5-14(28-16)13-9-10-18(23)30-20(13)24)17-7-4-8-19(29-17)31-12-27-15(11-26)21(31)25/h3-10,12H,1-2H3. The van der Waals surface area contributed by atoms with Crippen molar-refractivity contribution < 1.29 is 13.2 Å². The first-order chi connectivity index (χ1) is 14.8. The van der Waals surface area contributed by atoms with E-state index in [4.69, 9.17) is 5.26 Å². The minimum Gasteiger partial charge on any atom is -0.258 e. The second-order valence-electron chi connectivity index (χ2n) is 7.25. The molecule has 154 valence electrons. The predicted molar refractivity (Wildman–Crippen MR) is 106 cm³/mol. The number of halogens is 3. The largest absolute Gasteiger partial charge is 0.258 e. The van der Waals surface area contributed by atoms with E-state index in [0.717, 1.165) is 10.6 Å². The summed E-state index contributed by atoms with van der Waals surface area (Å²) >= 11 is 0. The highest BCUT2D eigenvalue weighted by atomic mass is 19.1. The molecule has 0 saturated carbocycles. The fraction of sp³-hybridized carbons (Fsp3) is 0.136. The van der Waals surface area contributed by atoms with E-state index in [-0.39, 0.29) is 17.1 Å². The van der Waals surface area contributed by atoms with Gasteiger partial charge in [-0.25, -0.2) is 9.97 Å². The third-order valence-corrected chi connectivity index (χ3v) is 4.92. The number of nitriles is 1. The molecular weight excluding hydrogens is 405 g/mol. The van der Waals surface area contributed by atoms with Crippen LogP contribution in [0, 0.1) is 29.2 Å². The Morgan fingerprint density at radius 2 is 1.61 bits per heavy atom. The van der Waals surface area contributed by atoms with Gasteiger partial charge in [0.1, 0.15) is 18.2 Å². The van der Waals surface area contributed by atoms with E-state index in [0.29, 0.717) is 17.1 Å². The first-order valence-electron chi connectivity index (χ1n) is 9.22. The van der Waals surface area contributed by atoms with Gasteiger partial charge in [-0.2, -0.15) is 23.4 Å². The van der Waals surface area contributed by atoms with Crippen LogP contribution >= 0.6 is 0 Å². The second kappa shape index (κ2) is 7.65. The Hall–Kier alpha value is -4.06. The van der Waals surface area contributed by atoms with Crippen LogP contribution in [0.5, 0.6) is 0 Å². The molecule has 0 aliphatic heterocycles. The number of aromatic nitrogens is 5. The highest BCUT2D eigenvalue weighted by Gasteiger charge is 2.28. The van der Waals surface area contributed by atoms with Crippen LogP contribution in [-0.4, -0.2) is 24.5 Å². The zero-order valence-corrected chi connectivity index (χ0v) is 16.5. The molecule has 9 heteroatoms. The molecule has 0 saturated heterocycles. The minimum absolute atomic E-state index is 0.0743. The van der Waals surface area contributed by atoms with Crippen molar-refractivity contribution in [3.63, 3.8) is 0 Å². The highest BCUT2D eigenvalue weighted by Crippen LogP contribution is 2.31. The van der Waals surface area contributed by atoms with Crippen LogP contribution in [0.25, 0.3) is 17.1 Å². The van der Waals surface area contributed by atoms with E-state index in [1.165, 1.54) is 12.4 Å². The van der Waals surface area contributed by atoms with Gasteiger partial charge in [0.15, 0.2) is 5.69 Å². The van der Waals surface area contributed by atoms with Gasteiger partial charge in [0.05, 0.1) is 22.6 Å². The van der Waals surface area contributed by atoms with Crippen LogP contribution in [0.1, 0.15) is 30.9 Å². The van der Waals surface area contributed by atoms with Crippen molar-refractivity contribution in [3.05, 3.63) is 89.8 Å². The Kier molecular flexibility index (Phi) is 4.99. The van der Waals surface area contributed by atoms with Crippen LogP contribution in [0.15, 0.2) is 54.9 Å². The molecule has 0 aromatic carbocycles. The van der Waals surface area contributed by atoms with E-state index >= 15 is 0 Å². The van der Waals surface area contributed by atoms with Crippen LogP contribution in [0.3, 0.4) is 0 Å². The molecule has 0 unspecified atom stereocenters. The number of hydrogen-bond donors (Lipinski definition) is 0. The normalized spacial score (nSPS) is 11.4. The van der Waals surface area contributed by atoms with Crippen molar-refractivity contribution >= 4 is 0 Å². The molecule has 6 nitrogen and oxygen atoms in total. The van der Waals surface area contributed by atoms with E-state index in [1.54, 1.807) is 42.5 Å². The summed E-state index contributed by atoms with van der Waals surface area (Å²) in [5, 5.41) is 8.92. The third kappa shape index (κ3) is 3.64. The molecule has 31 heavy (non-hydrogen) atoms. The van der Waals surface area contributed by atoms with E-state index in [2.05, 4.69) is 19.9 Å². The first kappa shape index (κ1) is 20.2. The van der Waals surface area contributed by atoms with Crippen molar-refractivity contribution in [2.24, 2.45) is 0 Å². The van der Waals surface area contributed by atoms with Gasteiger partial charge >= 0.3 is 0 Å². The summed E-state index contributed by atoms with van der Waals surface area (Å²) in [5.74, 6) is -2.41. The number of hydrogen-bond acceptors (Lipinski definition) is 5. The maximum atomic E-state index is 14.3. The van der Waals surface area contributed by atoms with Gasteiger partial charge in [0.2, 0.25) is 17.8 Å². The Bertz CT molecular complexity index is 1320. The SMILES string of the molecule is CC(C)(c1cccc(-c2ccc(F)nc2F)n1)c1cccc(-n2cnc(C#N)c2F)n1. The van der Waals surface area contributed by atoms with Crippen LogP contribution in [0.2, 0.25) is 0 Å². The molecule has 0 spiro atoms. The average molecular weight is 420 g/mol. The summed E-state index contributed by atoms with van der Waals surface area (Å²) in [5.41, 5.74) is 0.443. The van der Waals surface area contributed by atoms with Gasteiger partial charge < -0.3 is 0 Å². The average Bonchev–Trinajstić information content (AvgIpc) is 3.14. The Morgan fingerprint density at radius 3 is 2.29 bits per heavy atom. The number of nitrogens with zero attached hydrogens (tertiary/aromatic N) is 6. The molecule has 0 radical (unpaired) electrons. The van der Waals surface area contributed by atoms with Gasteiger partial charge in [-0.3, -0.25) is 9.55 Å². The van der Waals surface area contributed by atoms with E-state index < -0.39 is 23.3 Å². The van der Waals surface area contributed by atoms with E-state index in [9.17, 15) is 13.2 Å². The van der Waals surface area contributed by atoms with Crippen molar-refractivity contribution in [2.75, 3.05) is 0 Å². The second-order valence-corrected chi connectivity index (χ2v) is 7.25. The summed E-state index contributed by atoms with van der Waals surface area (Å²) in [6.45, 7) is 3.74. The number of pyridine rings is 3. The molecule has 0 bridgehead atoms. The molecule has 0 amide bonds. The van der Waals surface area contributed by atoms with Gasteiger partial charge in [-0.15, -0.1) is 0 Å². The highest BCUT2D eigenvalue weighted by molar-refractivity contribution is 5.59. The third-order valence-electron chi connectivity index (χ3n) is 4.92. The molecule has 0 atom stereocenters. The first-order valence-corrected chi connectivity index (χ1v) is 9.22. The monoisotopic (exact) mass is 420 g/mol. The summed E-state index contributed by atoms with van der Waals surface area (Å²) in [7, 11) is 0. The van der Waals surface area contributed by atoms with Gasteiger partial charge in [-0.1, -0.05) is 12.1 Å². The van der Waals surface area contributed by atoms with Gasteiger partial charge in [-0.05, 0) is 50.2 Å². The van der Waals surface area contributed by atoms with Crippen LogP contribution in [0.4, 0.5) is 13.2 Å². The molecule has 0 N–H and O–H groups in total. The lowest BCUT2D eigenvalue weighted by Crippen LogP contribution is -2.23. The molecule has 0 fully saturated rings. The summed E-state index contributed by atoms with van der Waals surface area (Å²) in [6, 6.07) is 14.2. The number of imidazole rings is 1. The van der Waals surface area contributed by atoms with Crippen molar-refractivity contribution in [1.82, 2.24) is 24.5 Å². The molecule has 4 rings (SSSR count). The zero-order chi connectivity index (χ0) is 22.2. The predicted octanol–water partition coefficient (Wildman–Crippen LogP) is 4.34. The Balaban J connectivity index is 1.75. The fourth-order valence-corrected chi connectivity index (χ4v) is 3.14. The number of rotatable bonds is 4. The van der Waals surface area contributed by atoms with E-state index in [1.807, 2.05) is 13.8 Å². The summed E-state index contributed by atoms with van der Waals surface area (Å²) in [6.07, 6.45) is 1.19. The molecular formula is C22H15F3N6. The fourth-order valence-electron chi connectivity index (χ4n) is 3.14. The van der Waals surface area contributed by atoms with Crippen LogP contribution < -0.4 is 0 Å². The molecule has 4 heterocycles. The maximum absolute atomic E-state index is 14.3. The minimum atomic E-state index is -0.952. The van der Waals surface area contributed by atoms with Gasteiger partial charge in [0.25, 0.3) is 0 Å². The molecule has 4 aromatic rings. The topological polar surface area (TPSA) is 80.3 Å². The smallest absolute Gasteiger partial charge is 0.237 e. The Labute approximate surface area is 175 Å². The maximum Gasteiger partial charge on any atom is 0.237 e. The van der Waals surface area contributed by atoms with Crippen LogP contribution in [-0.2, 0) is 5.41 Å². The summed E-state index contributed by atoms with van der Waals surface area (Å²) in [4.78, 5) is 16.0. The van der Waals surface area contributed by atoms with Crippen molar-refractivity contribution in [2.45, 2.75) is 19.3 Å². The summed E-state index contributed by atoms with van der Waals surface area (Å²) < 4.78 is 42.7. The lowest BCUT2D eigenvalue weighted by molar-refractivity contribution is 0.514. The zero-order valence-electron chi connectivity index (χ0n) is 16.5. The quantitative estimate of drug-likeness (QED) is 0.459.